The zero-order valence-electron chi connectivity index (χ0n) is 12.1. The Morgan fingerprint density at radius 1 is 1.32 bits per heavy atom. The number of H-pyrrole nitrogens is 1. The lowest BCUT2D eigenvalue weighted by Gasteiger charge is -2.24. The third-order valence-electron chi connectivity index (χ3n) is 2.99. The molecule has 1 aliphatic rings. The summed E-state index contributed by atoms with van der Waals surface area (Å²) in [7, 11) is 0. The topological polar surface area (TPSA) is 67.3 Å². The largest absolute Gasteiger partial charge is 0.444 e. The van der Waals surface area contributed by atoms with Crippen LogP contribution in [0.5, 0.6) is 0 Å². The fraction of sp³-hybridized carbons (Fsp3) is 0.692. The highest BCUT2D eigenvalue weighted by Gasteiger charge is 2.32. The third-order valence-corrected chi connectivity index (χ3v) is 2.99. The molecule has 0 atom stereocenters. The molecule has 2 rings (SSSR count). The predicted molar refractivity (Wildman–Crippen MR) is 70.9 cm³/mol. The highest BCUT2D eigenvalue weighted by molar-refractivity contribution is 5.69. The second-order valence-corrected chi connectivity index (χ2v) is 6.17. The summed E-state index contributed by atoms with van der Waals surface area (Å²) >= 11 is 0. The molecule has 1 aromatic rings. The monoisotopic (exact) mass is 267 g/mol. The van der Waals surface area contributed by atoms with Gasteiger partial charge in [-0.2, -0.15) is 0 Å². The first-order valence-corrected chi connectivity index (χ1v) is 6.49. The van der Waals surface area contributed by atoms with Gasteiger partial charge in [-0.25, -0.2) is 4.79 Å². The number of carbonyl (C=O) groups excluding carboxylic acids is 1. The molecule has 19 heavy (non-hydrogen) atoms. The normalized spacial score (nSPS) is 14.9. The fourth-order valence-corrected chi connectivity index (χ4v) is 2.18. The number of carbonyl (C=O) groups is 1. The smallest absolute Gasteiger partial charge is 0.410 e. The van der Waals surface area contributed by atoms with Crippen LogP contribution in [-0.2, 0) is 17.8 Å². The van der Waals surface area contributed by atoms with Crippen LogP contribution < -0.4 is 5.56 Å². The Bertz CT molecular complexity index is 548. The number of hydrogen-bond acceptors (Lipinski definition) is 3. The molecule has 0 aromatic carbocycles. The van der Waals surface area contributed by atoms with E-state index in [-0.39, 0.29) is 17.7 Å². The van der Waals surface area contributed by atoms with Crippen molar-refractivity contribution < 1.29 is 9.53 Å². The zero-order chi connectivity index (χ0) is 14.4. The molecule has 0 radical (unpaired) electrons. The van der Waals surface area contributed by atoms with Crippen LogP contribution in [0.25, 0.3) is 0 Å². The van der Waals surface area contributed by atoms with Crippen molar-refractivity contribution in [3.8, 4) is 0 Å². The molecule has 1 amide bonds. The van der Waals surface area contributed by atoms with Gasteiger partial charge in [-0.1, -0.05) is 0 Å². The zero-order valence-corrected chi connectivity index (χ0v) is 12.1. The van der Waals surface area contributed by atoms with Gasteiger partial charge in [0.1, 0.15) is 5.60 Å². The minimum Gasteiger partial charge on any atom is -0.444 e. The molecule has 0 spiro atoms. The maximum atomic E-state index is 12.0. The van der Waals surface area contributed by atoms with Gasteiger partial charge in [0.15, 0.2) is 0 Å². The molecular weight excluding hydrogens is 246 g/mol. The van der Waals surface area contributed by atoms with E-state index in [9.17, 15) is 9.59 Å². The molecule has 1 aliphatic heterocycles. The van der Waals surface area contributed by atoms with E-state index in [4.69, 9.17) is 4.74 Å². The molecule has 0 bridgehead atoms. The Hall–Kier alpha value is -1.72. The molecule has 0 saturated heterocycles. The summed E-state index contributed by atoms with van der Waals surface area (Å²) < 4.78 is 7.15. The first kappa shape index (κ1) is 13.7. The Morgan fingerprint density at radius 2 is 1.95 bits per heavy atom. The van der Waals surface area contributed by atoms with Crippen molar-refractivity contribution in [2.45, 2.75) is 59.4 Å². The third kappa shape index (κ3) is 2.67. The van der Waals surface area contributed by atoms with Gasteiger partial charge in [0, 0.05) is 6.04 Å². The van der Waals surface area contributed by atoms with Gasteiger partial charge in [0.25, 0.3) is 5.56 Å². The number of nitrogens with one attached hydrogen (secondary N) is 1. The van der Waals surface area contributed by atoms with E-state index in [1.54, 1.807) is 4.90 Å². The average Bonchev–Trinajstić information content (AvgIpc) is 2.76. The molecule has 6 nitrogen and oxygen atoms in total. The van der Waals surface area contributed by atoms with Crippen molar-refractivity contribution in [2.75, 3.05) is 0 Å². The van der Waals surface area contributed by atoms with Gasteiger partial charge in [-0.3, -0.25) is 19.5 Å². The van der Waals surface area contributed by atoms with Crippen molar-refractivity contribution in [1.82, 2.24) is 14.7 Å². The first-order valence-electron chi connectivity index (χ1n) is 6.49. The van der Waals surface area contributed by atoms with Crippen molar-refractivity contribution in [3.05, 3.63) is 21.6 Å². The van der Waals surface area contributed by atoms with Crippen LogP contribution in [0.1, 0.15) is 51.9 Å². The van der Waals surface area contributed by atoms with E-state index in [1.165, 1.54) is 0 Å². The molecular formula is C13H21N3O3. The predicted octanol–water partition coefficient (Wildman–Crippen LogP) is 2.01. The average molecular weight is 267 g/mol. The van der Waals surface area contributed by atoms with Crippen molar-refractivity contribution in [3.63, 3.8) is 0 Å². The van der Waals surface area contributed by atoms with Crippen LogP contribution in [0.4, 0.5) is 4.79 Å². The minimum absolute atomic E-state index is 0.116. The molecule has 1 N–H and O–H groups in total. The number of nitrogens with zero attached hydrogens (tertiary/aromatic N) is 2. The lowest BCUT2D eigenvalue weighted by atomic mass is 10.2. The lowest BCUT2D eigenvalue weighted by Crippen LogP contribution is -2.34. The molecule has 0 saturated carbocycles. The van der Waals surface area contributed by atoms with Gasteiger partial charge in [-0.15, -0.1) is 0 Å². The van der Waals surface area contributed by atoms with E-state index in [0.29, 0.717) is 18.7 Å². The number of fused-ring (bicyclic) bond motifs is 1. The number of hydrogen-bond donors (Lipinski definition) is 1. The van der Waals surface area contributed by atoms with Crippen LogP contribution in [0.15, 0.2) is 4.79 Å². The van der Waals surface area contributed by atoms with Gasteiger partial charge >= 0.3 is 6.09 Å². The van der Waals surface area contributed by atoms with E-state index >= 15 is 0 Å². The summed E-state index contributed by atoms with van der Waals surface area (Å²) in [4.78, 5) is 25.4. The van der Waals surface area contributed by atoms with E-state index in [0.717, 1.165) is 5.69 Å². The number of ether oxygens (including phenoxy) is 1. The minimum atomic E-state index is -0.524. The van der Waals surface area contributed by atoms with Crippen molar-refractivity contribution in [1.29, 1.82) is 0 Å². The maximum absolute atomic E-state index is 12.0. The van der Waals surface area contributed by atoms with E-state index in [2.05, 4.69) is 5.10 Å². The molecule has 0 aliphatic carbocycles. The standard InChI is InChI=1S/C13H21N3O3/c1-8(2)16-10-7-15(6-9(10)11(17)14-16)12(18)19-13(3,4)5/h8H,6-7H2,1-5H3,(H,14,17). The van der Waals surface area contributed by atoms with Gasteiger partial charge in [-0.05, 0) is 34.6 Å². The summed E-state index contributed by atoms with van der Waals surface area (Å²) in [6.45, 7) is 10.2. The summed E-state index contributed by atoms with van der Waals surface area (Å²) in [5, 5.41) is 2.80. The van der Waals surface area contributed by atoms with Crippen LogP contribution in [0.3, 0.4) is 0 Å². The fourth-order valence-electron chi connectivity index (χ4n) is 2.18. The van der Waals surface area contributed by atoms with Gasteiger partial charge in [0.05, 0.1) is 24.3 Å². The van der Waals surface area contributed by atoms with Gasteiger partial charge < -0.3 is 4.74 Å². The van der Waals surface area contributed by atoms with Crippen molar-refractivity contribution >= 4 is 6.09 Å². The summed E-state index contributed by atoms with van der Waals surface area (Å²) in [5.41, 5.74) is 0.907. The second-order valence-electron chi connectivity index (χ2n) is 6.17. The molecule has 0 unspecified atom stereocenters. The number of amides is 1. The number of aromatic nitrogens is 2. The Morgan fingerprint density at radius 3 is 2.47 bits per heavy atom. The van der Waals surface area contributed by atoms with Crippen LogP contribution >= 0.6 is 0 Å². The second kappa shape index (κ2) is 4.43. The van der Waals surface area contributed by atoms with Crippen molar-refractivity contribution in [2.24, 2.45) is 0 Å². The summed E-state index contributed by atoms with van der Waals surface area (Å²) in [6.07, 6.45) is -0.376. The Balaban J connectivity index is 2.19. The summed E-state index contributed by atoms with van der Waals surface area (Å²) in [6, 6.07) is 0.162. The Labute approximate surface area is 112 Å². The number of rotatable bonds is 1. The SMILES string of the molecule is CC(C)n1[nH]c(=O)c2c1CN(C(=O)OC(C)(C)C)C2. The molecule has 1 aromatic heterocycles. The molecule has 0 fully saturated rings. The van der Waals surface area contributed by atoms with Crippen LogP contribution in [-0.4, -0.2) is 26.4 Å². The highest BCUT2D eigenvalue weighted by atomic mass is 16.6. The van der Waals surface area contributed by atoms with E-state index in [1.807, 2.05) is 39.3 Å². The van der Waals surface area contributed by atoms with Gasteiger partial charge in [0.2, 0.25) is 0 Å². The van der Waals surface area contributed by atoms with Crippen LogP contribution in [0.2, 0.25) is 0 Å². The molecule has 6 heteroatoms. The molecule has 2 heterocycles. The number of aromatic amines is 1. The van der Waals surface area contributed by atoms with E-state index < -0.39 is 5.60 Å². The molecule has 106 valence electrons. The Kier molecular flexibility index (Phi) is 3.20. The summed E-state index contributed by atoms with van der Waals surface area (Å²) in [5.74, 6) is 0. The lowest BCUT2D eigenvalue weighted by molar-refractivity contribution is 0.0237. The maximum Gasteiger partial charge on any atom is 0.410 e. The first-order chi connectivity index (χ1) is 8.69. The highest BCUT2D eigenvalue weighted by Crippen LogP contribution is 2.23. The quantitative estimate of drug-likeness (QED) is 0.846. The van der Waals surface area contributed by atoms with Crippen LogP contribution in [0, 0.1) is 0 Å².